The van der Waals surface area contributed by atoms with Crippen LogP contribution in [0.5, 0.6) is 0 Å². The predicted octanol–water partition coefficient (Wildman–Crippen LogP) is 0.726. The third kappa shape index (κ3) is 6.85. The molecular weight excluding hydrogens is 290 g/mol. The van der Waals surface area contributed by atoms with Crippen LogP contribution in [0.15, 0.2) is 30.3 Å². The van der Waals surface area contributed by atoms with Crippen LogP contribution < -0.4 is 5.32 Å². The molecule has 0 spiro atoms. The number of aliphatic carboxylic acids is 1. The van der Waals surface area contributed by atoms with Crippen LogP contribution in [-0.2, 0) is 30.5 Å². The Morgan fingerprint density at radius 2 is 1.91 bits per heavy atom. The molecule has 0 aliphatic rings. The lowest BCUT2D eigenvalue weighted by molar-refractivity contribution is -0.144. The Hall–Kier alpha value is -2.41. The Kier molecular flexibility index (Phi) is 7.63. The molecular formula is C15H19NO6. The molecule has 0 bridgehead atoms. The maximum atomic E-state index is 11.6. The molecule has 22 heavy (non-hydrogen) atoms. The van der Waals surface area contributed by atoms with E-state index in [-0.39, 0.29) is 26.1 Å². The van der Waals surface area contributed by atoms with Gasteiger partial charge < -0.3 is 19.9 Å². The summed E-state index contributed by atoms with van der Waals surface area (Å²) in [5.41, 5.74) is 0.913. The average Bonchev–Trinajstić information content (AvgIpc) is 2.51. The quantitative estimate of drug-likeness (QED) is 0.652. The molecule has 0 unspecified atom stereocenters. The highest BCUT2D eigenvalue weighted by molar-refractivity contribution is 5.84. The molecule has 0 aliphatic heterocycles. The van der Waals surface area contributed by atoms with E-state index >= 15 is 0 Å². The van der Waals surface area contributed by atoms with Crippen molar-refractivity contribution in [3.8, 4) is 0 Å². The maximum absolute atomic E-state index is 11.6. The summed E-state index contributed by atoms with van der Waals surface area (Å²) in [7, 11) is 1.22. The van der Waals surface area contributed by atoms with Gasteiger partial charge in [0.05, 0.1) is 13.7 Å². The fourth-order valence-electron chi connectivity index (χ4n) is 1.69. The highest BCUT2D eigenvalue weighted by atomic mass is 16.5. The Morgan fingerprint density at radius 1 is 1.23 bits per heavy atom. The van der Waals surface area contributed by atoms with Crippen LogP contribution in [0.2, 0.25) is 0 Å². The third-order valence-electron chi connectivity index (χ3n) is 2.84. The first-order valence-electron chi connectivity index (χ1n) is 6.73. The SMILES string of the molecule is COC(=O)CC[C@H](NC(=O)COCc1ccccc1)C(=O)O. The number of carboxylic acid groups (broad SMARTS) is 1. The van der Waals surface area contributed by atoms with Crippen LogP contribution in [0.1, 0.15) is 18.4 Å². The van der Waals surface area contributed by atoms with Gasteiger partial charge in [-0.05, 0) is 12.0 Å². The lowest BCUT2D eigenvalue weighted by atomic mass is 10.1. The topological polar surface area (TPSA) is 102 Å². The summed E-state index contributed by atoms with van der Waals surface area (Å²) in [4.78, 5) is 33.7. The van der Waals surface area contributed by atoms with Crippen molar-refractivity contribution in [1.29, 1.82) is 0 Å². The molecule has 1 rings (SSSR count). The van der Waals surface area contributed by atoms with Gasteiger partial charge in [0.2, 0.25) is 5.91 Å². The van der Waals surface area contributed by atoms with Gasteiger partial charge in [-0.1, -0.05) is 30.3 Å². The number of benzene rings is 1. The largest absolute Gasteiger partial charge is 0.480 e. The van der Waals surface area contributed by atoms with Gasteiger partial charge in [0.1, 0.15) is 12.6 Å². The molecule has 0 aromatic heterocycles. The summed E-state index contributed by atoms with van der Waals surface area (Å²) in [6.07, 6.45) is -0.120. The van der Waals surface area contributed by atoms with Crippen molar-refractivity contribution >= 4 is 17.8 Å². The van der Waals surface area contributed by atoms with Crippen LogP contribution in [0.4, 0.5) is 0 Å². The number of hydrogen-bond acceptors (Lipinski definition) is 5. The number of esters is 1. The number of carboxylic acids is 1. The average molecular weight is 309 g/mol. The van der Waals surface area contributed by atoms with Gasteiger partial charge in [-0.25, -0.2) is 4.79 Å². The first-order chi connectivity index (χ1) is 10.5. The molecule has 0 saturated carbocycles. The number of amides is 1. The van der Waals surface area contributed by atoms with E-state index < -0.39 is 23.9 Å². The number of ether oxygens (including phenoxy) is 2. The van der Waals surface area contributed by atoms with E-state index in [1.54, 1.807) is 0 Å². The number of carbonyl (C=O) groups is 3. The Labute approximate surface area is 128 Å². The van der Waals surface area contributed by atoms with Gasteiger partial charge in [-0.3, -0.25) is 9.59 Å². The summed E-state index contributed by atoms with van der Waals surface area (Å²) in [6, 6.07) is 8.14. The van der Waals surface area contributed by atoms with Gasteiger partial charge in [-0.2, -0.15) is 0 Å². The van der Waals surface area contributed by atoms with Crippen molar-refractivity contribution in [2.75, 3.05) is 13.7 Å². The summed E-state index contributed by atoms with van der Waals surface area (Å²) in [6.45, 7) is 0.00502. The summed E-state index contributed by atoms with van der Waals surface area (Å²) < 4.78 is 9.64. The number of nitrogens with one attached hydrogen (secondary N) is 1. The molecule has 7 nitrogen and oxygen atoms in total. The zero-order valence-corrected chi connectivity index (χ0v) is 12.3. The van der Waals surface area contributed by atoms with E-state index in [4.69, 9.17) is 9.84 Å². The van der Waals surface area contributed by atoms with E-state index in [0.717, 1.165) is 5.56 Å². The van der Waals surface area contributed by atoms with Gasteiger partial charge in [-0.15, -0.1) is 0 Å². The molecule has 2 N–H and O–H groups in total. The summed E-state index contributed by atoms with van der Waals surface area (Å²) in [5, 5.41) is 11.3. The zero-order valence-electron chi connectivity index (χ0n) is 12.3. The van der Waals surface area contributed by atoms with E-state index in [9.17, 15) is 14.4 Å². The van der Waals surface area contributed by atoms with Crippen molar-refractivity contribution in [1.82, 2.24) is 5.32 Å². The Bertz CT molecular complexity index is 502. The highest BCUT2D eigenvalue weighted by Gasteiger charge is 2.21. The maximum Gasteiger partial charge on any atom is 0.326 e. The van der Waals surface area contributed by atoms with E-state index in [1.807, 2.05) is 30.3 Å². The van der Waals surface area contributed by atoms with Crippen molar-refractivity contribution in [2.24, 2.45) is 0 Å². The van der Waals surface area contributed by atoms with Gasteiger partial charge >= 0.3 is 11.9 Å². The molecule has 0 aliphatic carbocycles. The molecule has 0 saturated heterocycles. The second kappa shape index (κ2) is 9.51. The van der Waals surface area contributed by atoms with Crippen molar-refractivity contribution in [3.05, 3.63) is 35.9 Å². The molecule has 7 heteroatoms. The second-order valence-electron chi connectivity index (χ2n) is 4.55. The Morgan fingerprint density at radius 3 is 2.50 bits per heavy atom. The number of rotatable bonds is 9. The van der Waals surface area contributed by atoms with Gasteiger partial charge in [0, 0.05) is 6.42 Å². The molecule has 0 radical (unpaired) electrons. The normalized spacial score (nSPS) is 11.5. The monoisotopic (exact) mass is 309 g/mol. The number of hydrogen-bond donors (Lipinski definition) is 2. The van der Waals surface area contributed by atoms with Crippen LogP contribution >= 0.6 is 0 Å². The fourth-order valence-corrected chi connectivity index (χ4v) is 1.69. The molecule has 1 amide bonds. The highest BCUT2D eigenvalue weighted by Crippen LogP contribution is 2.02. The number of methoxy groups -OCH3 is 1. The van der Waals surface area contributed by atoms with E-state index in [0.29, 0.717) is 0 Å². The number of carbonyl (C=O) groups excluding carboxylic acids is 2. The first kappa shape index (κ1) is 17.6. The molecule has 0 fully saturated rings. The minimum absolute atomic E-state index is 0.0353. The van der Waals surface area contributed by atoms with Crippen molar-refractivity contribution in [3.63, 3.8) is 0 Å². The van der Waals surface area contributed by atoms with Crippen LogP contribution in [0.3, 0.4) is 0 Å². The molecule has 1 atom stereocenters. The minimum Gasteiger partial charge on any atom is -0.480 e. The lowest BCUT2D eigenvalue weighted by Gasteiger charge is -2.14. The van der Waals surface area contributed by atoms with Crippen LogP contribution in [0, 0.1) is 0 Å². The molecule has 120 valence electrons. The van der Waals surface area contributed by atoms with Crippen LogP contribution in [0.25, 0.3) is 0 Å². The Balaban J connectivity index is 2.33. The predicted molar refractivity (Wildman–Crippen MR) is 76.9 cm³/mol. The summed E-state index contributed by atoms with van der Waals surface area (Å²) in [5.74, 6) is -2.28. The smallest absolute Gasteiger partial charge is 0.326 e. The van der Waals surface area contributed by atoms with Crippen molar-refractivity contribution in [2.45, 2.75) is 25.5 Å². The van der Waals surface area contributed by atoms with Gasteiger partial charge in [0.15, 0.2) is 0 Å². The van der Waals surface area contributed by atoms with E-state index in [1.165, 1.54) is 7.11 Å². The second-order valence-corrected chi connectivity index (χ2v) is 4.55. The minimum atomic E-state index is -1.21. The molecule has 0 heterocycles. The van der Waals surface area contributed by atoms with Gasteiger partial charge in [0.25, 0.3) is 0 Å². The zero-order chi connectivity index (χ0) is 16.4. The standard InChI is InChI=1S/C15H19NO6/c1-21-14(18)8-7-12(15(19)20)16-13(17)10-22-9-11-5-3-2-4-6-11/h2-6,12H,7-10H2,1H3,(H,16,17)(H,19,20)/t12-/m0/s1. The van der Waals surface area contributed by atoms with Crippen molar-refractivity contribution < 1.29 is 29.0 Å². The fraction of sp³-hybridized carbons (Fsp3) is 0.400. The lowest BCUT2D eigenvalue weighted by Crippen LogP contribution is -2.42. The third-order valence-corrected chi connectivity index (χ3v) is 2.84. The van der Waals surface area contributed by atoms with E-state index in [2.05, 4.69) is 10.1 Å². The molecule has 1 aromatic carbocycles. The summed E-state index contributed by atoms with van der Waals surface area (Å²) >= 11 is 0. The first-order valence-corrected chi connectivity index (χ1v) is 6.73. The molecule has 1 aromatic rings. The van der Waals surface area contributed by atoms with Crippen LogP contribution in [-0.4, -0.2) is 42.7 Å².